The number of halogens is 1. The lowest BCUT2D eigenvalue weighted by Crippen LogP contribution is -2.47. The number of hydrogen-bond acceptors (Lipinski definition) is 2. The van der Waals surface area contributed by atoms with Crippen LogP contribution in [0, 0.1) is 5.82 Å². The number of benzene rings is 1. The van der Waals surface area contributed by atoms with Gasteiger partial charge in [-0.2, -0.15) is 0 Å². The van der Waals surface area contributed by atoms with Crippen molar-refractivity contribution < 1.29 is 9.18 Å². The summed E-state index contributed by atoms with van der Waals surface area (Å²) in [5, 5.41) is 2.74. The molecule has 0 spiro atoms. The van der Waals surface area contributed by atoms with Crippen LogP contribution in [0.5, 0.6) is 0 Å². The molecule has 0 aliphatic carbocycles. The number of piperazine rings is 1. The first kappa shape index (κ1) is 8.99. The molecule has 1 aromatic rings. The minimum absolute atomic E-state index is 0.0144. The van der Waals surface area contributed by atoms with Crippen molar-refractivity contribution in [1.82, 2.24) is 5.32 Å². The summed E-state index contributed by atoms with van der Waals surface area (Å²) < 4.78 is 12.6. The predicted molar refractivity (Wildman–Crippen MR) is 51.6 cm³/mol. The largest absolute Gasteiger partial charge is 0.360 e. The molecule has 1 aromatic carbocycles. The van der Waals surface area contributed by atoms with Crippen molar-refractivity contribution in [3.63, 3.8) is 0 Å². The molecule has 0 aromatic heterocycles. The van der Waals surface area contributed by atoms with E-state index in [4.69, 9.17) is 0 Å². The third kappa shape index (κ3) is 1.84. The van der Waals surface area contributed by atoms with Gasteiger partial charge < -0.3 is 10.2 Å². The molecule has 0 bridgehead atoms. The first-order valence-electron chi connectivity index (χ1n) is 4.53. The van der Waals surface area contributed by atoms with Gasteiger partial charge in [0.1, 0.15) is 5.82 Å². The molecule has 1 heterocycles. The Bertz CT molecular complexity index is 336. The maximum absolute atomic E-state index is 12.6. The van der Waals surface area contributed by atoms with Gasteiger partial charge in [0.2, 0.25) is 5.91 Å². The topological polar surface area (TPSA) is 32.3 Å². The highest BCUT2D eigenvalue weighted by Gasteiger charge is 2.15. The van der Waals surface area contributed by atoms with E-state index in [2.05, 4.69) is 5.32 Å². The van der Waals surface area contributed by atoms with E-state index in [0.717, 1.165) is 12.2 Å². The quantitative estimate of drug-likeness (QED) is 0.716. The fourth-order valence-corrected chi connectivity index (χ4v) is 1.51. The molecule has 1 N–H and O–H groups in total. The van der Waals surface area contributed by atoms with Gasteiger partial charge in [0.15, 0.2) is 0 Å². The summed E-state index contributed by atoms with van der Waals surface area (Å²) in [6.07, 6.45) is 0. The van der Waals surface area contributed by atoms with Crippen molar-refractivity contribution in [1.29, 1.82) is 0 Å². The lowest BCUT2D eigenvalue weighted by molar-refractivity contribution is -0.120. The van der Waals surface area contributed by atoms with E-state index >= 15 is 0 Å². The van der Waals surface area contributed by atoms with E-state index in [1.807, 2.05) is 4.90 Å². The van der Waals surface area contributed by atoms with Crippen molar-refractivity contribution in [2.24, 2.45) is 0 Å². The van der Waals surface area contributed by atoms with Crippen LogP contribution in [0.3, 0.4) is 0 Å². The molecule has 1 amide bonds. The Balaban J connectivity index is 2.14. The van der Waals surface area contributed by atoms with Crippen LogP contribution in [0.2, 0.25) is 0 Å². The van der Waals surface area contributed by atoms with Crippen LogP contribution in [-0.4, -0.2) is 25.5 Å². The Morgan fingerprint density at radius 3 is 2.64 bits per heavy atom. The van der Waals surface area contributed by atoms with E-state index in [1.54, 1.807) is 12.1 Å². The van der Waals surface area contributed by atoms with Gasteiger partial charge in [-0.15, -0.1) is 0 Å². The third-order valence-electron chi connectivity index (χ3n) is 2.23. The summed E-state index contributed by atoms with van der Waals surface area (Å²) in [6.45, 7) is 1.78. The minimum atomic E-state index is -0.254. The first-order valence-corrected chi connectivity index (χ1v) is 4.53. The van der Waals surface area contributed by atoms with Crippen LogP contribution in [0.25, 0.3) is 0 Å². The third-order valence-corrected chi connectivity index (χ3v) is 2.23. The van der Waals surface area contributed by atoms with Crippen LogP contribution in [0.4, 0.5) is 10.1 Å². The molecule has 74 valence electrons. The molecule has 2 rings (SSSR count). The standard InChI is InChI=1S/C10H11FN2O/c11-8-1-3-9(4-2-8)13-6-5-12-10(14)7-13/h1-4H,5-7H2,(H,12,14). The van der Waals surface area contributed by atoms with Crippen molar-refractivity contribution >= 4 is 11.6 Å². The zero-order chi connectivity index (χ0) is 9.97. The van der Waals surface area contributed by atoms with Gasteiger partial charge >= 0.3 is 0 Å². The van der Waals surface area contributed by atoms with E-state index in [-0.39, 0.29) is 11.7 Å². The van der Waals surface area contributed by atoms with Gasteiger partial charge in [0.25, 0.3) is 0 Å². The maximum atomic E-state index is 12.6. The second kappa shape index (κ2) is 3.65. The lowest BCUT2D eigenvalue weighted by Gasteiger charge is -2.28. The molecule has 3 nitrogen and oxygen atoms in total. The Hall–Kier alpha value is -1.58. The number of hydrogen-bond donors (Lipinski definition) is 1. The number of amides is 1. The first-order chi connectivity index (χ1) is 6.75. The summed E-state index contributed by atoms with van der Waals surface area (Å²) >= 11 is 0. The van der Waals surface area contributed by atoms with Crippen LogP contribution < -0.4 is 10.2 Å². The summed E-state index contributed by atoms with van der Waals surface area (Å²) in [5.74, 6) is -0.240. The van der Waals surface area contributed by atoms with E-state index in [9.17, 15) is 9.18 Å². The molecule has 1 fully saturated rings. The molecule has 0 radical (unpaired) electrons. The summed E-state index contributed by atoms with van der Waals surface area (Å²) in [5.41, 5.74) is 0.890. The SMILES string of the molecule is O=C1CN(c2ccc(F)cc2)CCN1. The highest BCUT2D eigenvalue weighted by molar-refractivity contribution is 5.82. The minimum Gasteiger partial charge on any atom is -0.360 e. The number of nitrogens with zero attached hydrogens (tertiary/aromatic N) is 1. The molecule has 1 aliphatic rings. The van der Waals surface area contributed by atoms with Crippen molar-refractivity contribution in [3.05, 3.63) is 30.1 Å². The van der Waals surface area contributed by atoms with E-state index in [1.165, 1.54) is 12.1 Å². The summed E-state index contributed by atoms with van der Waals surface area (Å²) in [4.78, 5) is 13.0. The maximum Gasteiger partial charge on any atom is 0.239 e. The van der Waals surface area contributed by atoms with E-state index < -0.39 is 0 Å². The Kier molecular flexibility index (Phi) is 2.35. The highest BCUT2D eigenvalue weighted by atomic mass is 19.1. The zero-order valence-corrected chi connectivity index (χ0v) is 7.66. The van der Waals surface area contributed by atoms with Crippen LogP contribution in [0.1, 0.15) is 0 Å². The van der Waals surface area contributed by atoms with Crippen LogP contribution >= 0.6 is 0 Å². The van der Waals surface area contributed by atoms with Crippen molar-refractivity contribution in [3.8, 4) is 0 Å². The molecule has 1 saturated heterocycles. The number of nitrogens with one attached hydrogen (secondary N) is 1. The number of rotatable bonds is 1. The predicted octanol–water partition coefficient (Wildman–Crippen LogP) is 0.762. The van der Waals surface area contributed by atoms with Crippen LogP contribution in [-0.2, 0) is 4.79 Å². The smallest absolute Gasteiger partial charge is 0.239 e. The van der Waals surface area contributed by atoms with Gasteiger partial charge in [-0.05, 0) is 24.3 Å². The average Bonchev–Trinajstić information content (AvgIpc) is 2.19. The van der Waals surface area contributed by atoms with Gasteiger partial charge in [-0.1, -0.05) is 0 Å². The van der Waals surface area contributed by atoms with Gasteiger partial charge in [0, 0.05) is 18.8 Å². The van der Waals surface area contributed by atoms with Gasteiger partial charge in [0.05, 0.1) is 6.54 Å². The second-order valence-electron chi connectivity index (χ2n) is 3.25. The molecule has 4 heteroatoms. The number of anilines is 1. The number of carbonyl (C=O) groups is 1. The molecule has 0 atom stereocenters. The van der Waals surface area contributed by atoms with Crippen LogP contribution in [0.15, 0.2) is 24.3 Å². The van der Waals surface area contributed by atoms with Crippen molar-refractivity contribution in [2.45, 2.75) is 0 Å². The Labute approximate surface area is 81.5 Å². The molecular formula is C10H11FN2O. The Morgan fingerprint density at radius 2 is 2.00 bits per heavy atom. The highest BCUT2D eigenvalue weighted by Crippen LogP contribution is 2.14. The van der Waals surface area contributed by atoms with Gasteiger partial charge in [-0.25, -0.2) is 4.39 Å². The van der Waals surface area contributed by atoms with Gasteiger partial charge in [-0.3, -0.25) is 4.79 Å². The zero-order valence-electron chi connectivity index (χ0n) is 7.66. The fraction of sp³-hybridized carbons (Fsp3) is 0.300. The van der Waals surface area contributed by atoms with E-state index in [0.29, 0.717) is 13.1 Å². The Morgan fingerprint density at radius 1 is 1.29 bits per heavy atom. The second-order valence-corrected chi connectivity index (χ2v) is 3.25. The normalized spacial score (nSPS) is 16.6. The monoisotopic (exact) mass is 194 g/mol. The molecule has 0 unspecified atom stereocenters. The fourth-order valence-electron chi connectivity index (χ4n) is 1.51. The summed E-state index contributed by atoms with van der Waals surface area (Å²) in [6, 6.07) is 6.19. The lowest BCUT2D eigenvalue weighted by atomic mass is 10.2. The van der Waals surface area contributed by atoms with Crippen molar-refractivity contribution in [2.75, 3.05) is 24.5 Å². The average molecular weight is 194 g/mol. The molecule has 0 saturated carbocycles. The molecular weight excluding hydrogens is 183 g/mol. The molecule has 14 heavy (non-hydrogen) atoms. The number of carbonyl (C=O) groups excluding carboxylic acids is 1. The molecule has 1 aliphatic heterocycles. The summed E-state index contributed by atoms with van der Waals surface area (Å²) in [7, 11) is 0.